The normalized spacial score (nSPS) is 11.4. The van der Waals surface area contributed by atoms with Crippen molar-refractivity contribution < 1.29 is 4.74 Å². The Kier molecular flexibility index (Phi) is 8.69. The summed E-state index contributed by atoms with van der Waals surface area (Å²) in [6.07, 6.45) is 0.982. The van der Waals surface area contributed by atoms with E-state index in [4.69, 9.17) is 9.73 Å². The third-order valence-corrected chi connectivity index (χ3v) is 5.66. The average Bonchev–Trinajstić information content (AvgIpc) is 3.16. The van der Waals surface area contributed by atoms with Crippen molar-refractivity contribution in [3.63, 3.8) is 0 Å². The lowest BCUT2D eigenvalue weighted by atomic mass is 10.2. The van der Waals surface area contributed by atoms with Gasteiger partial charge in [-0.2, -0.15) is 0 Å². The number of aryl methyl sites for hydroxylation is 1. The average molecular weight is 450 g/mol. The third-order valence-electron chi connectivity index (χ3n) is 5.66. The molecule has 0 aliphatic carbocycles. The van der Waals surface area contributed by atoms with Crippen LogP contribution in [0.3, 0.4) is 0 Å². The Morgan fingerprint density at radius 3 is 2.48 bits per heavy atom. The number of aromatic nitrogens is 3. The van der Waals surface area contributed by atoms with Gasteiger partial charge in [-0.3, -0.25) is 0 Å². The van der Waals surface area contributed by atoms with Gasteiger partial charge in [0.1, 0.15) is 18.1 Å². The number of hydrogen-bond acceptors (Lipinski definition) is 5. The van der Waals surface area contributed by atoms with Gasteiger partial charge in [0.05, 0.1) is 7.11 Å². The van der Waals surface area contributed by atoms with Crippen molar-refractivity contribution in [1.82, 2.24) is 25.0 Å². The Bertz CT molecular complexity index is 1030. The van der Waals surface area contributed by atoms with Crippen LogP contribution in [0.15, 0.2) is 59.6 Å². The van der Waals surface area contributed by atoms with Crippen molar-refractivity contribution in [1.29, 1.82) is 0 Å². The van der Waals surface area contributed by atoms with Gasteiger partial charge in [0.15, 0.2) is 11.8 Å². The molecule has 0 saturated carbocycles. The quantitative estimate of drug-likeness (QED) is 0.291. The summed E-state index contributed by atoms with van der Waals surface area (Å²) in [7, 11) is 7.82. The van der Waals surface area contributed by atoms with Crippen LogP contribution in [0.2, 0.25) is 0 Å². The van der Waals surface area contributed by atoms with Gasteiger partial charge in [-0.1, -0.05) is 36.4 Å². The maximum atomic E-state index is 5.53. The van der Waals surface area contributed by atoms with Crippen molar-refractivity contribution in [3.8, 4) is 5.75 Å². The van der Waals surface area contributed by atoms with E-state index in [0.29, 0.717) is 13.1 Å². The summed E-state index contributed by atoms with van der Waals surface area (Å²) in [5.74, 6) is 3.41. The number of nitrogens with zero attached hydrogens (tertiary/aromatic N) is 6. The second-order valence-electron chi connectivity index (χ2n) is 8.07. The molecule has 0 aliphatic heterocycles. The molecule has 176 valence electrons. The zero-order chi connectivity index (χ0) is 23.6. The summed E-state index contributed by atoms with van der Waals surface area (Å²) in [6, 6.07) is 18.5. The molecule has 3 aromatic rings. The summed E-state index contributed by atoms with van der Waals surface area (Å²) < 4.78 is 7.50. The lowest BCUT2D eigenvalue weighted by molar-refractivity contribution is 0.395. The van der Waals surface area contributed by atoms with Crippen LogP contribution in [0.5, 0.6) is 5.75 Å². The fourth-order valence-electron chi connectivity index (χ4n) is 3.54. The molecule has 0 unspecified atom stereocenters. The number of para-hydroxylation sites is 2. The van der Waals surface area contributed by atoms with Crippen molar-refractivity contribution in [3.05, 3.63) is 71.8 Å². The fourth-order valence-corrected chi connectivity index (χ4v) is 3.54. The molecule has 0 radical (unpaired) electrons. The number of aliphatic imine (C=N–C) groups is 1. The molecule has 3 rings (SSSR count). The SMILES string of the molecule is COc1ccccc1CN(C)C(=NCc1nnc(C)n1C)NCCCN(C)c1ccccc1. The van der Waals surface area contributed by atoms with Crippen LogP contribution in [0.4, 0.5) is 5.69 Å². The highest BCUT2D eigenvalue weighted by Crippen LogP contribution is 2.19. The van der Waals surface area contributed by atoms with Gasteiger partial charge >= 0.3 is 0 Å². The van der Waals surface area contributed by atoms with Crippen molar-refractivity contribution in [2.45, 2.75) is 26.4 Å². The zero-order valence-electron chi connectivity index (χ0n) is 20.3. The molecule has 8 heteroatoms. The van der Waals surface area contributed by atoms with Crippen LogP contribution in [0, 0.1) is 6.92 Å². The van der Waals surface area contributed by atoms with E-state index in [1.54, 1.807) is 7.11 Å². The minimum atomic E-state index is 0.458. The lowest BCUT2D eigenvalue weighted by Crippen LogP contribution is -2.40. The second kappa shape index (κ2) is 11.9. The van der Waals surface area contributed by atoms with Crippen molar-refractivity contribution in [2.75, 3.05) is 39.2 Å². The largest absolute Gasteiger partial charge is 0.496 e. The van der Waals surface area contributed by atoms with Crippen molar-refractivity contribution in [2.24, 2.45) is 12.0 Å². The van der Waals surface area contributed by atoms with Crippen LogP contribution in [0.1, 0.15) is 23.6 Å². The van der Waals surface area contributed by atoms with Crippen molar-refractivity contribution >= 4 is 11.6 Å². The van der Waals surface area contributed by atoms with E-state index in [0.717, 1.165) is 48.4 Å². The minimum absolute atomic E-state index is 0.458. The number of hydrogen-bond donors (Lipinski definition) is 1. The number of benzene rings is 2. The molecule has 0 aliphatic rings. The molecule has 8 nitrogen and oxygen atoms in total. The van der Waals surface area contributed by atoms with E-state index in [-0.39, 0.29) is 0 Å². The number of rotatable bonds is 10. The molecule has 0 bridgehead atoms. The molecule has 2 aromatic carbocycles. The van der Waals surface area contributed by atoms with Crippen LogP contribution in [0.25, 0.3) is 0 Å². The molecular weight excluding hydrogens is 414 g/mol. The van der Waals surface area contributed by atoms with Gasteiger partial charge in [-0.05, 0) is 31.5 Å². The zero-order valence-corrected chi connectivity index (χ0v) is 20.3. The number of nitrogens with one attached hydrogen (secondary N) is 1. The van der Waals surface area contributed by atoms with E-state index in [1.165, 1.54) is 5.69 Å². The molecule has 0 fully saturated rings. The van der Waals surface area contributed by atoms with Crippen LogP contribution < -0.4 is 15.0 Å². The standard InChI is InChI=1S/C25H35N7O/c1-20-28-29-24(32(20)4)18-27-25(31(3)19-21-12-9-10-15-23(21)33-5)26-16-11-17-30(2)22-13-7-6-8-14-22/h6-10,12-15H,11,16-19H2,1-5H3,(H,26,27). The number of guanidine groups is 1. The first-order valence-electron chi connectivity index (χ1n) is 11.2. The third kappa shape index (κ3) is 6.71. The van der Waals surface area contributed by atoms with Gasteiger partial charge < -0.3 is 24.4 Å². The predicted molar refractivity (Wildman–Crippen MR) is 134 cm³/mol. The number of ether oxygens (including phenoxy) is 1. The van der Waals surface area contributed by atoms with Crippen LogP contribution in [-0.4, -0.2) is 59.9 Å². The van der Waals surface area contributed by atoms with Gasteiger partial charge in [0, 0.05) is 52.0 Å². The maximum Gasteiger partial charge on any atom is 0.194 e. The highest BCUT2D eigenvalue weighted by atomic mass is 16.5. The van der Waals surface area contributed by atoms with E-state index < -0.39 is 0 Å². The Labute approximate surface area is 196 Å². The molecule has 0 atom stereocenters. The molecule has 0 saturated heterocycles. The number of anilines is 1. The Balaban J connectivity index is 1.65. The molecule has 0 spiro atoms. The summed E-state index contributed by atoms with van der Waals surface area (Å²) >= 11 is 0. The first-order chi connectivity index (χ1) is 16.0. The highest BCUT2D eigenvalue weighted by Gasteiger charge is 2.12. The van der Waals surface area contributed by atoms with Gasteiger partial charge in [-0.25, -0.2) is 4.99 Å². The summed E-state index contributed by atoms with van der Waals surface area (Å²) in [5.41, 5.74) is 2.33. The van der Waals surface area contributed by atoms with E-state index >= 15 is 0 Å². The van der Waals surface area contributed by atoms with Crippen LogP contribution in [-0.2, 0) is 20.1 Å². The first-order valence-corrected chi connectivity index (χ1v) is 11.2. The minimum Gasteiger partial charge on any atom is -0.496 e. The molecular formula is C25H35N7O. The van der Waals surface area contributed by atoms with Gasteiger partial charge in [0.2, 0.25) is 0 Å². The maximum absolute atomic E-state index is 5.53. The molecule has 1 heterocycles. The van der Waals surface area contributed by atoms with Crippen LogP contribution >= 0.6 is 0 Å². The molecule has 33 heavy (non-hydrogen) atoms. The van der Waals surface area contributed by atoms with Gasteiger partial charge in [-0.15, -0.1) is 10.2 Å². The summed E-state index contributed by atoms with van der Waals surface area (Å²) in [4.78, 5) is 9.22. The molecule has 1 N–H and O–H groups in total. The monoisotopic (exact) mass is 449 g/mol. The fraction of sp³-hybridized carbons (Fsp3) is 0.400. The summed E-state index contributed by atoms with van der Waals surface area (Å²) in [6.45, 7) is 4.83. The molecule has 1 aromatic heterocycles. The smallest absolute Gasteiger partial charge is 0.194 e. The van der Waals surface area contributed by atoms with E-state index in [9.17, 15) is 0 Å². The Morgan fingerprint density at radius 2 is 1.79 bits per heavy atom. The predicted octanol–water partition coefficient (Wildman–Crippen LogP) is 3.24. The highest BCUT2D eigenvalue weighted by molar-refractivity contribution is 5.79. The Hall–Kier alpha value is -3.55. The first kappa shape index (κ1) is 24.1. The Morgan fingerprint density at radius 1 is 1.06 bits per heavy atom. The van der Waals surface area contributed by atoms with Gasteiger partial charge in [0.25, 0.3) is 0 Å². The van der Waals surface area contributed by atoms with E-state index in [2.05, 4.69) is 62.7 Å². The lowest BCUT2D eigenvalue weighted by Gasteiger charge is -2.24. The second-order valence-corrected chi connectivity index (χ2v) is 8.07. The number of methoxy groups -OCH3 is 1. The summed E-state index contributed by atoms with van der Waals surface area (Å²) in [5, 5.41) is 11.9. The topological polar surface area (TPSA) is 70.8 Å². The van der Waals surface area contributed by atoms with E-state index in [1.807, 2.05) is 49.9 Å². The molecule has 0 amide bonds.